The second kappa shape index (κ2) is 7.48. The number of benzene rings is 2. The Balaban J connectivity index is 0.00000196. The van der Waals surface area contributed by atoms with Gasteiger partial charge in [0.1, 0.15) is 5.52 Å². The first-order valence-corrected chi connectivity index (χ1v) is 8.63. The highest BCUT2D eigenvalue weighted by Gasteiger charge is 2.29. The lowest BCUT2D eigenvalue weighted by atomic mass is 9.94. The van der Waals surface area contributed by atoms with Crippen LogP contribution >= 0.6 is 12.4 Å². The van der Waals surface area contributed by atoms with Crippen molar-refractivity contribution >= 4 is 35.1 Å². The molecule has 0 spiro atoms. The van der Waals surface area contributed by atoms with E-state index < -0.39 is 0 Å². The molecular weight excluding hydrogens is 350 g/mol. The van der Waals surface area contributed by atoms with Crippen molar-refractivity contribution in [1.29, 1.82) is 0 Å². The molecule has 3 aromatic rings. The molecule has 1 amide bonds. The van der Waals surface area contributed by atoms with Crippen molar-refractivity contribution in [3.63, 3.8) is 0 Å². The largest absolute Gasteiger partial charge is 0.440 e. The summed E-state index contributed by atoms with van der Waals surface area (Å²) in [5.74, 6) is 0.811. The van der Waals surface area contributed by atoms with Gasteiger partial charge >= 0.3 is 0 Å². The minimum absolute atomic E-state index is 0. The van der Waals surface area contributed by atoms with E-state index in [-0.39, 0.29) is 30.3 Å². The number of nitrogens with zero attached hydrogens (tertiary/aromatic N) is 1. The maximum absolute atomic E-state index is 12.6. The van der Waals surface area contributed by atoms with Crippen LogP contribution in [0.5, 0.6) is 0 Å². The van der Waals surface area contributed by atoms with Crippen LogP contribution in [0.25, 0.3) is 11.1 Å². The van der Waals surface area contributed by atoms with Gasteiger partial charge in [-0.1, -0.05) is 37.3 Å². The summed E-state index contributed by atoms with van der Waals surface area (Å²) in [7, 11) is 0. The van der Waals surface area contributed by atoms with Crippen LogP contribution in [0, 0.1) is 5.92 Å². The molecule has 1 heterocycles. The number of rotatable bonds is 5. The number of nitrogens with two attached hydrogens (primary N) is 1. The lowest BCUT2D eigenvalue weighted by Crippen LogP contribution is -2.30. The molecule has 1 aromatic heterocycles. The van der Waals surface area contributed by atoms with E-state index in [0.717, 1.165) is 35.4 Å². The monoisotopic (exact) mass is 371 g/mol. The zero-order valence-corrected chi connectivity index (χ0v) is 15.3. The molecule has 4 rings (SSSR count). The van der Waals surface area contributed by atoms with Gasteiger partial charge in [-0.05, 0) is 36.6 Å². The van der Waals surface area contributed by atoms with E-state index in [0.29, 0.717) is 11.6 Å². The van der Waals surface area contributed by atoms with Crippen LogP contribution in [0.2, 0.25) is 0 Å². The molecular formula is C20H22ClN3O2. The van der Waals surface area contributed by atoms with Crippen LogP contribution in [0.15, 0.2) is 52.9 Å². The number of anilines is 1. The highest BCUT2D eigenvalue weighted by atomic mass is 35.5. The van der Waals surface area contributed by atoms with Crippen molar-refractivity contribution in [2.24, 2.45) is 11.7 Å². The minimum Gasteiger partial charge on any atom is -0.440 e. The summed E-state index contributed by atoms with van der Waals surface area (Å²) < 4.78 is 5.75. The van der Waals surface area contributed by atoms with Crippen LogP contribution in [-0.4, -0.2) is 10.9 Å². The van der Waals surface area contributed by atoms with Crippen LogP contribution in [0.3, 0.4) is 0 Å². The number of fused-ring (bicyclic) bond motifs is 1. The quantitative estimate of drug-likeness (QED) is 0.696. The second-order valence-corrected chi connectivity index (χ2v) is 6.72. The first-order chi connectivity index (χ1) is 12.1. The van der Waals surface area contributed by atoms with Crippen molar-refractivity contribution in [2.45, 2.75) is 31.7 Å². The fourth-order valence-electron chi connectivity index (χ4n) is 2.91. The summed E-state index contributed by atoms with van der Waals surface area (Å²) in [5.41, 5.74) is 9.43. The summed E-state index contributed by atoms with van der Waals surface area (Å²) in [6, 6.07) is 14.9. The molecule has 0 radical (unpaired) electrons. The average molecular weight is 372 g/mol. The first kappa shape index (κ1) is 18.4. The highest BCUT2D eigenvalue weighted by molar-refractivity contribution is 5.94. The van der Waals surface area contributed by atoms with E-state index in [9.17, 15) is 4.79 Å². The number of carbonyl (C=O) groups excluding carboxylic acids is 1. The van der Waals surface area contributed by atoms with Gasteiger partial charge in [0, 0.05) is 17.6 Å². The third kappa shape index (κ3) is 3.74. The molecule has 0 aliphatic heterocycles. The summed E-state index contributed by atoms with van der Waals surface area (Å²) in [4.78, 5) is 17.1. The van der Waals surface area contributed by atoms with Gasteiger partial charge in [0.15, 0.2) is 11.5 Å². The molecule has 3 N–H and O–H groups in total. The first-order valence-electron chi connectivity index (χ1n) is 8.63. The molecule has 26 heavy (non-hydrogen) atoms. The van der Waals surface area contributed by atoms with Gasteiger partial charge in [-0.3, -0.25) is 4.79 Å². The lowest BCUT2D eigenvalue weighted by Gasteiger charge is -2.19. The predicted molar refractivity (Wildman–Crippen MR) is 104 cm³/mol. The SMILES string of the molecule is CC(C(=O)Nc1ccc2oc(C3CC3)nc2c1)C(N)c1ccccc1.Cl. The van der Waals surface area contributed by atoms with Gasteiger partial charge in [-0.15, -0.1) is 12.4 Å². The van der Waals surface area contributed by atoms with E-state index in [4.69, 9.17) is 10.2 Å². The Morgan fingerprint density at radius 1 is 1.23 bits per heavy atom. The number of aromatic nitrogens is 1. The Labute approximate surface area is 158 Å². The maximum atomic E-state index is 12.6. The van der Waals surface area contributed by atoms with Crippen molar-refractivity contribution in [2.75, 3.05) is 5.32 Å². The minimum atomic E-state index is -0.350. The van der Waals surface area contributed by atoms with Gasteiger partial charge in [-0.25, -0.2) is 4.98 Å². The number of nitrogens with one attached hydrogen (secondary N) is 1. The third-order valence-electron chi connectivity index (χ3n) is 4.73. The number of halogens is 1. The molecule has 0 bridgehead atoms. The standard InChI is InChI=1S/C20H21N3O2.ClH/c1-12(18(21)13-5-3-2-4-6-13)19(24)22-15-9-10-17-16(11-15)23-20(25-17)14-7-8-14;/h2-6,9-12,14,18H,7-8,21H2,1H3,(H,22,24);1H. The Kier molecular flexibility index (Phi) is 5.30. The molecule has 136 valence electrons. The normalized spacial score (nSPS) is 15.9. The third-order valence-corrected chi connectivity index (χ3v) is 4.73. The van der Waals surface area contributed by atoms with Crippen LogP contribution in [0.4, 0.5) is 5.69 Å². The van der Waals surface area contributed by atoms with Crippen molar-refractivity contribution in [1.82, 2.24) is 4.98 Å². The highest BCUT2D eigenvalue weighted by Crippen LogP contribution is 2.40. The summed E-state index contributed by atoms with van der Waals surface area (Å²) in [6.45, 7) is 1.84. The molecule has 0 saturated heterocycles. The zero-order valence-electron chi connectivity index (χ0n) is 14.5. The van der Waals surface area contributed by atoms with Gasteiger partial charge < -0.3 is 15.5 Å². The van der Waals surface area contributed by atoms with Crippen molar-refractivity contribution in [3.05, 3.63) is 60.0 Å². The molecule has 2 unspecified atom stereocenters. The zero-order chi connectivity index (χ0) is 17.4. The lowest BCUT2D eigenvalue weighted by molar-refractivity contribution is -0.120. The molecule has 2 aromatic carbocycles. The molecule has 5 nitrogen and oxygen atoms in total. The molecule has 1 aliphatic rings. The number of hydrogen-bond acceptors (Lipinski definition) is 4. The van der Waals surface area contributed by atoms with Gasteiger partial charge in [0.05, 0.1) is 5.92 Å². The molecule has 1 fully saturated rings. The van der Waals surface area contributed by atoms with E-state index in [1.54, 1.807) is 0 Å². The van der Waals surface area contributed by atoms with Crippen LogP contribution in [-0.2, 0) is 4.79 Å². The van der Waals surface area contributed by atoms with Crippen LogP contribution in [0.1, 0.15) is 43.2 Å². The molecule has 6 heteroatoms. The number of amides is 1. The maximum Gasteiger partial charge on any atom is 0.229 e. The smallest absolute Gasteiger partial charge is 0.229 e. The van der Waals surface area contributed by atoms with E-state index in [2.05, 4.69) is 10.3 Å². The van der Waals surface area contributed by atoms with Crippen molar-refractivity contribution in [3.8, 4) is 0 Å². The van der Waals surface area contributed by atoms with E-state index in [1.165, 1.54) is 0 Å². The van der Waals surface area contributed by atoms with Gasteiger partial charge in [0.25, 0.3) is 0 Å². The summed E-state index contributed by atoms with van der Waals surface area (Å²) >= 11 is 0. The fourth-order valence-corrected chi connectivity index (χ4v) is 2.91. The summed E-state index contributed by atoms with van der Waals surface area (Å²) in [6.07, 6.45) is 2.29. The molecule has 1 aliphatic carbocycles. The number of hydrogen-bond donors (Lipinski definition) is 2. The van der Waals surface area contributed by atoms with Crippen molar-refractivity contribution < 1.29 is 9.21 Å². The van der Waals surface area contributed by atoms with Gasteiger partial charge in [-0.2, -0.15) is 0 Å². The van der Waals surface area contributed by atoms with E-state index in [1.807, 2.05) is 55.5 Å². The average Bonchev–Trinajstić information content (AvgIpc) is 3.40. The Hall–Kier alpha value is -2.37. The Morgan fingerprint density at radius 3 is 2.65 bits per heavy atom. The fraction of sp³-hybridized carbons (Fsp3) is 0.300. The van der Waals surface area contributed by atoms with Gasteiger partial charge in [0.2, 0.25) is 5.91 Å². The predicted octanol–water partition coefficient (Wildman–Crippen LogP) is 4.40. The molecule has 1 saturated carbocycles. The topological polar surface area (TPSA) is 81.2 Å². The molecule has 2 atom stereocenters. The summed E-state index contributed by atoms with van der Waals surface area (Å²) in [5, 5.41) is 2.94. The Morgan fingerprint density at radius 2 is 1.96 bits per heavy atom. The Bertz CT molecular complexity index is 906. The second-order valence-electron chi connectivity index (χ2n) is 6.72. The van der Waals surface area contributed by atoms with E-state index >= 15 is 0 Å². The van der Waals surface area contributed by atoms with Crippen LogP contribution < -0.4 is 11.1 Å². The number of carbonyl (C=O) groups is 1. The number of oxazole rings is 1.